The molecule has 2 rings (SSSR count). The molecule has 0 bridgehead atoms. The molecular weight excluding hydrogens is 204 g/mol. The number of nitrogen functional groups attached to an aromatic ring is 1. The predicted molar refractivity (Wildman–Crippen MR) is 61.9 cm³/mol. The lowest BCUT2D eigenvalue weighted by Crippen LogP contribution is -2.27. The topological polar surface area (TPSA) is 72.9 Å². The number of carbonyl (C=O) groups is 1. The first kappa shape index (κ1) is 11.0. The Morgan fingerprint density at radius 3 is 3.00 bits per heavy atom. The van der Waals surface area contributed by atoms with Crippen LogP contribution in [-0.4, -0.2) is 22.2 Å². The van der Waals surface area contributed by atoms with Crippen LogP contribution in [0.1, 0.15) is 36.2 Å². The van der Waals surface area contributed by atoms with E-state index in [0.717, 1.165) is 18.9 Å². The summed E-state index contributed by atoms with van der Waals surface area (Å²) in [5.74, 6) is 0.784. The van der Waals surface area contributed by atoms with E-state index in [0.29, 0.717) is 11.4 Å². The third kappa shape index (κ3) is 2.53. The smallest absolute Gasteiger partial charge is 0.271 e. The summed E-state index contributed by atoms with van der Waals surface area (Å²) in [7, 11) is 1.72. The van der Waals surface area contributed by atoms with Crippen LogP contribution >= 0.6 is 0 Å². The van der Waals surface area contributed by atoms with Crippen molar-refractivity contribution in [2.24, 2.45) is 13.0 Å². The van der Waals surface area contributed by atoms with Gasteiger partial charge in [-0.1, -0.05) is 12.8 Å². The Labute approximate surface area is 95.0 Å². The lowest BCUT2D eigenvalue weighted by molar-refractivity contribution is 0.0944. The molecule has 16 heavy (non-hydrogen) atoms. The van der Waals surface area contributed by atoms with Crippen molar-refractivity contribution in [3.63, 3.8) is 0 Å². The Bertz CT molecular complexity index is 362. The van der Waals surface area contributed by atoms with Gasteiger partial charge in [-0.15, -0.1) is 0 Å². The molecular formula is C11H18N4O. The highest BCUT2D eigenvalue weighted by molar-refractivity contribution is 5.97. The number of hydrogen-bond donors (Lipinski definition) is 2. The van der Waals surface area contributed by atoms with Crippen LogP contribution in [0.2, 0.25) is 0 Å². The molecule has 1 aromatic heterocycles. The van der Waals surface area contributed by atoms with Crippen molar-refractivity contribution in [2.75, 3.05) is 12.3 Å². The van der Waals surface area contributed by atoms with Crippen LogP contribution in [0.25, 0.3) is 0 Å². The van der Waals surface area contributed by atoms with Crippen molar-refractivity contribution in [3.05, 3.63) is 11.9 Å². The third-order valence-electron chi connectivity index (χ3n) is 2.95. The number of amides is 1. The first-order valence-electron chi connectivity index (χ1n) is 5.74. The van der Waals surface area contributed by atoms with Crippen LogP contribution in [0.15, 0.2) is 6.20 Å². The molecule has 1 aliphatic carbocycles. The normalized spacial score (nSPS) is 15.1. The van der Waals surface area contributed by atoms with E-state index >= 15 is 0 Å². The van der Waals surface area contributed by atoms with Gasteiger partial charge in [0.1, 0.15) is 5.69 Å². The zero-order valence-corrected chi connectivity index (χ0v) is 9.57. The van der Waals surface area contributed by atoms with Gasteiger partial charge in [-0.2, -0.15) is 5.10 Å². The number of hydrogen-bond acceptors (Lipinski definition) is 3. The Hall–Kier alpha value is -1.52. The number of nitrogens with two attached hydrogens (primary N) is 1. The maximum atomic E-state index is 11.8. The average Bonchev–Trinajstić information content (AvgIpc) is 3.00. The monoisotopic (exact) mass is 222 g/mol. The van der Waals surface area contributed by atoms with E-state index in [2.05, 4.69) is 10.4 Å². The lowest BCUT2D eigenvalue weighted by Gasteiger charge is -2.05. The van der Waals surface area contributed by atoms with Crippen LogP contribution < -0.4 is 11.1 Å². The Balaban J connectivity index is 1.78. The van der Waals surface area contributed by atoms with Crippen molar-refractivity contribution in [1.29, 1.82) is 0 Å². The van der Waals surface area contributed by atoms with E-state index in [9.17, 15) is 4.79 Å². The molecule has 1 fully saturated rings. The second-order valence-electron chi connectivity index (χ2n) is 4.41. The highest BCUT2D eigenvalue weighted by Gasteiger charge is 2.20. The van der Waals surface area contributed by atoms with Crippen LogP contribution in [0.4, 0.5) is 5.69 Å². The van der Waals surface area contributed by atoms with Crippen molar-refractivity contribution in [2.45, 2.75) is 25.7 Å². The van der Waals surface area contributed by atoms with Gasteiger partial charge in [0.25, 0.3) is 5.91 Å². The molecule has 0 aromatic carbocycles. The summed E-state index contributed by atoms with van der Waals surface area (Å²) in [6.45, 7) is 0.722. The van der Waals surface area contributed by atoms with Crippen molar-refractivity contribution in [1.82, 2.24) is 15.1 Å². The summed E-state index contributed by atoms with van der Waals surface area (Å²) in [6.07, 6.45) is 6.50. The fourth-order valence-corrected chi connectivity index (χ4v) is 1.82. The molecule has 0 aliphatic heterocycles. The fraction of sp³-hybridized carbons (Fsp3) is 0.636. The highest BCUT2D eigenvalue weighted by atomic mass is 16.2. The first-order chi connectivity index (χ1) is 7.68. The fourth-order valence-electron chi connectivity index (χ4n) is 1.82. The minimum absolute atomic E-state index is 0.131. The highest BCUT2D eigenvalue weighted by Crippen LogP contribution is 2.33. The van der Waals surface area contributed by atoms with E-state index in [-0.39, 0.29) is 5.91 Å². The maximum Gasteiger partial charge on any atom is 0.271 e. The van der Waals surface area contributed by atoms with Gasteiger partial charge >= 0.3 is 0 Å². The van der Waals surface area contributed by atoms with Crippen molar-refractivity contribution < 1.29 is 4.79 Å². The zero-order valence-electron chi connectivity index (χ0n) is 9.57. The van der Waals surface area contributed by atoms with E-state index in [1.807, 2.05) is 0 Å². The van der Waals surface area contributed by atoms with Gasteiger partial charge < -0.3 is 11.1 Å². The molecule has 3 N–H and O–H groups in total. The molecule has 88 valence electrons. The number of carbonyl (C=O) groups excluding carboxylic acids is 1. The Kier molecular flexibility index (Phi) is 3.12. The van der Waals surface area contributed by atoms with Gasteiger partial charge in [0.15, 0.2) is 0 Å². The van der Waals surface area contributed by atoms with Gasteiger partial charge in [-0.3, -0.25) is 9.48 Å². The van der Waals surface area contributed by atoms with E-state index < -0.39 is 0 Å². The third-order valence-corrected chi connectivity index (χ3v) is 2.95. The number of nitrogens with zero attached hydrogens (tertiary/aromatic N) is 2. The number of aromatic nitrogens is 2. The minimum Gasteiger partial charge on any atom is -0.396 e. The second-order valence-corrected chi connectivity index (χ2v) is 4.41. The summed E-state index contributed by atoms with van der Waals surface area (Å²) < 4.78 is 1.51. The molecule has 1 heterocycles. The van der Waals surface area contributed by atoms with E-state index in [1.54, 1.807) is 7.05 Å². The zero-order chi connectivity index (χ0) is 11.5. The number of rotatable bonds is 5. The van der Waals surface area contributed by atoms with Crippen LogP contribution in [-0.2, 0) is 7.05 Å². The largest absolute Gasteiger partial charge is 0.396 e. The summed E-state index contributed by atoms with van der Waals surface area (Å²) in [5, 5.41) is 6.80. The second kappa shape index (κ2) is 4.55. The molecule has 1 saturated carbocycles. The average molecular weight is 222 g/mol. The van der Waals surface area contributed by atoms with Gasteiger partial charge in [0.05, 0.1) is 11.9 Å². The van der Waals surface area contributed by atoms with Crippen LogP contribution in [0.5, 0.6) is 0 Å². The Morgan fingerprint density at radius 2 is 2.44 bits per heavy atom. The molecule has 5 nitrogen and oxygen atoms in total. The summed E-state index contributed by atoms with van der Waals surface area (Å²) >= 11 is 0. The van der Waals surface area contributed by atoms with Crippen LogP contribution in [0, 0.1) is 5.92 Å². The van der Waals surface area contributed by atoms with E-state index in [4.69, 9.17) is 5.73 Å². The number of aryl methyl sites for hydroxylation is 1. The summed E-state index contributed by atoms with van der Waals surface area (Å²) in [4.78, 5) is 11.8. The molecule has 1 amide bonds. The first-order valence-corrected chi connectivity index (χ1v) is 5.74. The molecule has 0 unspecified atom stereocenters. The lowest BCUT2D eigenvalue weighted by atomic mass is 10.2. The SMILES string of the molecule is Cn1ncc(N)c1C(=O)NCCCC1CC1. The number of anilines is 1. The van der Waals surface area contributed by atoms with E-state index in [1.165, 1.54) is 30.1 Å². The standard InChI is InChI=1S/C11H18N4O/c1-15-10(9(12)7-14-15)11(16)13-6-2-3-8-4-5-8/h7-8H,2-6,12H2,1H3,(H,13,16). The Morgan fingerprint density at radius 1 is 1.69 bits per heavy atom. The predicted octanol–water partition coefficient (Wildman–Crippen LogP) is 0.922. The van der Waals surface area contributed by atoms with Gasteiger partial charge in [0, 0.05) is 13.6 Å². The number of nitrogens with one attached hydrogen (secondary N) is 1. The molecule has 1 aliphatic rings. The summed E-state index contributed by atoms with van der Waals surface area (Å²) in [5.41, 5.74) is 6.54. The molecule has 1 aromatic rings. The van der Waals surface area contributed by atoms with Gasteiger partial charge in [0.2, 0.25) is 0 Å². The molecule has 0 radical (unpaired) electrons. The molecule has 0 spiro atoms. The van der Waals surface area contributed by atoms with Gasteiger partial charge in [-0.05, 0) is 18.8 Å². The quantitative estimate of drug-likeness (QED) is 0.728. The minimum atomic E-state index is -0.131. The molecule has 0 saturated heterocycles. The van der Waals surface area contributed by atoms with Gasteiger partial charge in [-0.25, -0.2) is 0 Å². The van der Waals surface area contributed by atoms with Crippen molar-refractivity contribution >= 4 is 11.6 Å². The molecule has 5 heteroatoms. The van der Waals surface area contributed by atoms with Crippen LogP contribution in [0.3, 0.4) is 0 Å². The van der Waals surface area contributed by atoms with Crippen molar-refractivity contribution in [3.8, 4) is 0 Å². The summed E-state index contributed by atoms with van der Waals surface area (Å²) in [6, 6.07) is 0. The maximum absolute atomic E-state index is 11.8. The molecule has 0 atom stereocenters.